The van der Waals surface area contributed by atoms with Gasteiger partial charge in [0, 0.05) is 11.4 Å². The predicted molar refractivity (Wildman–Crippen MR) is 68.9 cm³/mol. The van der Waals surface area contributed by atoms with Gasteiger partial charge in [0.1, 0.15) is 5.60 Å². The summed E-state index contributed by atoms with van der Waals surface area (Å²) in [6, 6.07) is 0.283. The maximum absolute atomic E-state index is 11.6. The lowest BCUT2D eigenvalue weighted by atomic mass is 9.87. The van der Waals surface area contributed by atoms with E-state index in [9.17, 15) is 4.79 Å². The van der Waals surface area contributed by atoms with Crippen LogP contribution in [0.2, 0.25) is 0 Å². The summed E-state index contributed by atoms with van der Waals surface area (Å²) in [6.07, 6.45) is 4.30. The summed E-state index contributed by atoms with van der Waals surface area (Å²) in [5.74, 6) is 0.689. The van der Waals surface area contributed by atoms with Gasteiger partial charge in [-0.05, 0) is 46.0 Å². The van der Waals surface area contributed by atoms with Crippen LogP contribution in [0.5, 0.6) is 0 Å². The Morgan fingerprint density at radius 3 is 2.69 bits per heavy atom. The van der Waals surface area contributed by atoms with E-state index in [4.69, 9.17) is 4.74 Å². The molecule has 0 spiro atoms. The number of alkyl halides is 1. The highest BCUT2D eigenvalue weighted by molar-refractivity contribution is 9.09. The Hall–Kier alpha value is -0.250. The van der Waals surface area contributed by atoms with Gasteiger partial charge in [-0.15, -0.1) is 0 Å². The molecule has 0 radical (unpaired) electrons. The first kappa shape index (κ1) is 13.8. The van der Waals surface area contributed by atoms with E-state index in [1.807, 2.05) is 20.8 Å². The van der Waals surface area contributed by atoms with Gasteiger partial charge in [-0.3, -0.25) is 0 Å². The second kappa shape index (κ2) is 5.89. The van der Waals surface area contributed by atoms with E-state index in [-0.39, 0.29) is 12.1 Å². The quantitative estimate of drug-likeness (QED) is 0.791. The standard InChI is InChI=1S/C12H22BrNO2/c1-12(2,3)16-11(15)14-10-6-4-5-9(7-10)8-13/h9-10H,4-8H2,1-3H3,(H,14,15). The highest BCUT2D eigenvalue weighted by Gasteiger charge is 2.24. The minimum Gasteiger partial charge on any atom is -0.444 e. The van der Waals surface area contributed by atoms with Gasteiger partial charge in [0.25, 0.3) is 0 Å². The van der Waals surface area contributed by atoms with Gasteiger partial charge in [-0.25, -0.2) is 4.79 Å². The lowest BCUT2D eigenvalue weighted by Crippen LogP contribution is -2.41. The molecule has 1 rings (SSSR count). The van der Waals surface area contributed by atoms with Crippen molar-refractivity contribution in [2.45, 2.75) is 58.1 Å². The first-order valence-electron chi connectivity index (χ1n) is 5.96. The maximum atomic E-state index is 11.6. The molecule has 2 atom stereocenters. The molecule has 16 heavy (non-hydrogen) atoms. The van der Waals surface area contributed by atoms with Crippen LogP contribution in [-0.4, -0.2) is 23.1 Å². The smallest absolute Gasteiger partial charge is 0.407 e. The minimum atomic E-state index is -0.409. The number of carbonyl (C=O) groups excluding carboxylic acids is 1. The normalized spacial score (nSPS) is 26.2. The molecule has 0 heterocycles. The van der Waals surface area contributed by atoms with Crippen LogP contribution in [0.4, 0.5) is 4.79 Å². The molecule has 1 aliphatic carbocycles. The van der Waals surface area contributed by atoms with Crippen molar-refractivity contribution >= 4 is 22.0 Å². The molecule has 0 aromatic rings. The molecule has 1 aliphatic rings. The zero-order valence-corrected chi connectivity index (χ0v) is 12.0. The highest BCUT2D eigenvalue weighted by Crippen LogP contribution is 2.25. The Balaban J connectivity index is 2.33. The van der Waals surface area contributed by atoms with Crippen LogP contribution in [0, 0.1) is 5.92 Å². The molecule has 94 valence electrons. The third kappa shape index (κ3) is 5.19. The fourth-order valence-corrected chi connectivity index (χ4v) is 2.62. The number of alkyl carbamates (subject to hydrolysis) is 1. The third-order valence-electron chi connectivity index (χ3n) is 2.72. The summed E-state index contributed by atoms with van der Waals surface area (Å²) in [7, 11) is 0. The Morgan fingerprint density at radius 2 is 2.12 bits per heavy atom. The van der Waals surface area contributed by atoms with Crippen molar-refractivity contribution in [1.82, 2.24) is 5.32 Å². The average molecular weight is 292 g/mol. The van der Waals surface area contributed by atoms with Crippen molar-refractivity contribution in [2.24, 2.45) is 5.92 Å². The van der Waals surface area contributed by atoms with Gasteiger partial charge in [0.2, 0.25) is 0 Å². The van der Waals surface area contributed by atoms with E-state index in [0.717, 1.165) is 18.2 Å². The number of nitrogens with one attached hydrogen (secondary N) is 1. The fraction of sp³-hybridized carbons (Fsp3) is 0.917. The highest BCUT2D eigenvalue weighted by atomic mass is 79.9. The van der Waals surface area contributed by atoms with Gasteiger partial charge in [0.15, 0.2) is 0 Å². The van der Waals surface area contributed by atoms with Crippen molar-refractivity contribution in [3.05, 3.63) is 0 Å². The van der Waals surface area contributed by atoms with Crippen LogP contribution in [0.3, 0.4) is 0 Å². The van der Waals surface area contributed by atoms with Gasteiger partial charge in [-0.1, -0.05) is 22.4 Å². The summed E-state index contributed by atoms with van der Waals surface area (Å²) in [4.78, 5) is 11.6. The van der Waals surface area contributed by atoms with Crippen molar-refractivity contribution in [2.75, 3.05) is 5.33 Å². The van der Waals surface area contributed by atoms with E-state index in [0.29, 0.717) is 5.92 Å². The molecule has 1 saturated carbocycles. The van der Waals surface area contributed by atoms with E-state index < -0.39 is 5.60 Å². The second-order valence-electron chi connectivity index (χ2n) is 5.53. The number of halogens is 1. The lowest BCUT2D eigenvalue weighted by molar-refractivity contribution is 0.0487. The number of ether oxygens (including phenoxy) is 1. The second-order valence-corrected chi connectivity index (χ2v) is 6.18. The zero-order valence-electron chi connectivity index (χ0n) is 10.4. The average Bonchev–Trinajstić information content (AvgIpc) is 2.15. The largest absolute Gasteiger partial charge is 0.444 e. The van der Waals surface area contributed by atoms with E-state index in [1.165, 1.54) is 12.8 Å². The fourth-order valence-electron chi connectivity index (χ4n) is 2.04. The Morgan fingerprint density at radius 1 is 1.44 bits per heavy atom. The number of hydrogen-bond acceptors (Lipinski definition) is 2. The molecule has 3 nitrogen and oxygen atoms in total. The van der Waals surface area contributed by atoms with Crippen LogP contribution >= 0.6 is 15.9 Å². The van der Waals surface area contributed by atoms with Gasteiger partial charge in [-0.2, -0.15) is 0 Å². The van der Waals surface area contributed by atoms with Gasteiger partial charge < -0.3 is 10.1 Å². The predicted octanol–water partition coefficient (Wildman–Crippen LogP) is 3.46. The Bertz CT molecular complexity index is 238. The summed E-state index contributed by atoms with van der Waals surface area (Å²) in [5.41, 5.74) is -0.409. The van der Waals surface area contributed by atoms with Gasteiger partial charge in [0.05, 0.1) is 0 Å². The van der Waals surface area contributed by atoms with E-state index in [1.54, 1.807) is 0 Å². The monoisotopic (exact) mass is 291 g/mol. The van der Waals surface area contributed by atoms with Crippen molar-refractivity contribution in [3.63, 3.8) is 0 Å². The van der Waals surface area contributed by atoms with Crippen molar-refractivity contribution < 1.29 is 9.53 Å². The first-order chi connectivity index (χ1) is 7.40. The summed E-state index contributed by atoms with van der Waals surface area (Å²) in [5, 5.41) is 3.98. The molecular formula is C12H22BrNO2. The lowest BCUT2D eigenvalue weighted by Gasteiger charge is -2.29. The Kier molecular flexibility index (Phi) is 5.09. The summed E-state index contributed by atoms with van der Waals surface area (Å²) >= 11 is 3.51. The molecule has 0 aromatic carbocycles. The Labute approximate surface area is 106 Å². The van der Waals surface area contributed by atoms with E-state index >= 15 is 0 Å². The molecule has 4 heteroatoms. The third-order valence-corrected chi connectivity index (χ3v) is 3.64. The number of hydrogen-bond donors (Lipinski definition) is 1. The topological polar surface area (TPSA) is 38.3 Å². The van der Waals surface area contributed by atoms with Crippen LogP contribution in [0.15, 0.2) is 0 Å². The molecule has 0 aromatic heterocycles. The van der Waals surface area contributed by atoms with Gasteiger partial charge >= 0.3 is 6.09 Å². The molecule has 1 fully saturated rings. The van der Waals surface area contributed by atoms with Crippen molar-refractivity contribution in [1.29, 1.82) is 0 Å². The van der Waals surface area contributed by atoms with Crippen LogP contribution < -0.4 is 5.32 Å². The molecule has 0 saturated heterocycles. The molecule has 0 bridgehead atoms. The first-order valence-corrected chi connectivity index (χ1v) is 7.08. The number of amides is 1. The number of carbonyl (C=O) groups is 1. The van der Waals surface area contributed by atoms with Crippen LogP contribution in [0.25, 0.3) is 0 Å². The molecule has 0 aliphatic heterocycles. The van der Waals surface area contributed by atoms with Crippen LogP contribution in [0.1, 0.15) is 46.5 Å². The minimum absolute atomic E-state index is 0.283. The summed E-state index contributed by atoms with van der Waals surface area (Å²) < 4.78 is 5.25. The van der Waals surface area contributed by atoms with Crippen molar-refractivity contribution in [3.8, 4) is 0 Å². The number of rotatable bonds is 2. The zero-order chi connectivity index (χ0) is 12.2. The van der Waals surface area contributed by atoms with E-state index in [2.05, 4.69) is 21.2 Å². The SMILES string of the molecule is CC(C)(C)OC(=O)NC1CCCC(CBr)C1. The summed E-state index contributed by atoms with van der Waals surface area (Å²) in [6.45, 7) is 5.65. The molecule has 1 N–H and O–H groups in total. The molecule has 2 unspecified atom stereocenters. The molecule has 1 amide bonds. The maximum Gasteiger partial charge on any atom is 0.407 e. The van der Waals surface area contributed by atoms with Crippen LogP contribution in [-0.2, 0) is 4.74 Å². The molecular weight excluding hydrogens is 270 g/mol.